The van der Waals surface area contributed by atoms with E-state index in [1.165, 1.54) is 11.1 Å². The third-order valence-corrected chi connectivity index (χ3v) is 4.30. The van der Waals surface area contributed by atoms with Gasteiger partial charge in [-0.3, -0.25) is 4.90 Å². The van der Waals surface area contributed by atoms with Crippen LogP contribution in [0.25, 0.3) is 0 Å². The van der Waals surface area contributed by atoms with Gasteiger partial charge in [-0.05, 0) is 38.1 Å². The number of nitrogens with two attached hydrogens (primary N) is 1. The van der Waals surface area contributed by atoms with E-state index in [2.05, 4.69) is 42.8 Å². The second-order valence-electron chi connectivity index (χ2n) is 5.57. The predicted molar refractivity (Wildman–Crippen MR) is 84.4 cm³/mol. The van der Waals surface area contributed by atoms with Crippen LogP contribution in [0.3, 0.4) is 0 Å². The van der Waals surface area contributed by atoms with Crippen LogP contribution in [0.5, 0.6) is 0 Å². The van der Waals surface area contributed by atoms with Gasteiger partial charge in [0.2, 0.25) is 0 Å². The summed E-state index contributed by atoms with van der Waals surface area (Å²) in [7, 11) is 2.20. The van der Waals surface area contributed by atoms with Crippen LogP contribution in [0.2, 0.25) is 0 Å². The number of rotatable bonds is 3. The van der Waals surface area contributed by atoms with Gasteiger partial charge in [-0.15, -0.1) is 0 Å². The minimum atomic E-state index is 0.475. The van der Waals surface area contributed by atoms with Gasteiger partial charge in [-0.2, -0.15) is 0 Å². The van der Waals surface area contributed by atoms with Crippen molar-refractivity contribution < 1.29 is 0 Å². The van der Waals surface area contributed by atoms with Gasteiger partial charge in [-0.25, -0.2) is 0 Å². The van der Waals surface area contributed by atoms with Gasteiger partial charge in [0, 0.05) is 37.8 Å². The van der Waals surface area contributed by atoms with Crippen molar-refractivity contribution >= 4 is 17.2 Å². The Bertz CT molecular complexity index is 472. The van der Waals surface area contributed by atoms with Crippen LogP contribution in [0.15, 0.2) is 18.2 Å². The molecule has 0 aromatic heterocycles. The number of thiocarbonyl (C=S) groups is 1. The monoisotopic (exact) mass is 277 g/mol. The summed E-state index contributed by atoms with van der Waals surface area (Å²) in [4.78, 5) is 5.41. The highest BCUT2D eigenvalue weighted by Crippen LogP contribution is 2.16. The molecule has 2 N–H and O–H groups in total. The van der Waals surface area contributed by atoms with Gasteiger partial charge in [0.1, 0.15) is 4.99 Å². The summed E-state index contributed by atoms with van der Waals surface area (Å²) < 4.78 is 0. The molecule has 2 rings (SSSR count). The Hall–Kier alpha value is -0.970. The molecule has 1 aromatic rings. The van der Waals surface area contributed by atoms with E-state index in [1.54, 1.807) is 0 Å². The topological polar surface area (TPSA) is 32.5 Å². The number of hydrogen-bond acceptors (Lipinski definition) is 3. The molecule has 19 heavy (non-hydrogen) atoms. The minimum absolute atomic E-state index is 0.475. The number of piperazine rings is 1. The van der Waals surface area contributed by atoms with Gasteiger partial charge >= 0.3 is 0 Å². The van der Waals surface area contributed by atoms with Crippen LogP contribution in [0.1, 0.15) is 23.6 Å². The third-order valence-electron chi connectivity index (χ3n) is 4.06. The van der Waals surface area contributed by atoms with Crippen molar-refractivity contribution in [1.82, 2.24) is 9.80 Å². The molecule has 1 atom stereocenters. The van der Waals surface area contributed by atoms with Gasteiger partial charge in [-0.1, -0.05) is 24.4 Å². The maximum absolute atomic E-state index is 5.67. The summed E-state index contributed by atoms with van der Waals surface area (Å²) in [5, 5.41) is 0. The van der Waals surface area contributed by atoms with E-state index in [9.17, 15) is 0 Å². The normalized spacial score (nSPS) is 21.5. The quantitative estimate of drug-likeness (QED) is 0.854. The fraction of sp³-hybridized carbons (Fsp3) is 0.533. The molecule has 104 valence electrons. The fourth-order valence-electron chi connectivity index (χ4n) is 2.53. The first kappa shape index (κ1) is 14.4. The molecule has 1 aromatic carbocycles. The van der Waals surface area contributed by atoms with Gasteiger partial charge in [0.05, 0.1) is 0 Å². The molecule has 3 nitrogen and oxygen atoms in total. The Labute approximate surface area is 121 Å². The van der Waals surface area contributed by atoms with Gasteiger partial charge in [0.25, 0.3) is 0 Å². The van der Waals surface area contributed by atoms with E-state index in [0.29, 0.717) is 11.0 Å². The lowest BCUT2D eigenvalue weighted by molar-refractivity contribution is 0.0998. The van der Waals surface area contributed by atoms with Crippen LogP contribution in [0, 0.1) is 6.92 Å². The van der Waals surface area contributed by atoms with Crippen molar-refractivity contribution in [3.63, 3.8) is 0 Å². The number of aryl methyl sites for hydroxylation is 1. The first-order valence-corrected chi connectivity index (χ1v) is 7.20. The highest BCUT2D eigenvalue weighted by atomic mass is 32.1. The average Bonchev–Trinajstić information content (AvgIpc) is 2.36. The molecule has 0 amide bonds. The molecule has 0 saturated carbocycles. The maximum Gasteiger partial charge on any atom is 0.103 e. The Morgan fingerprint density at radius 2 is 2.16 bits per heavy atom. The van der Waals surface area contributed by atoms with E-state index in [0.717, 1.165) is 31.7 Å². The second-order valence-corrected chi connectivity index (χ2v) is 6.01. The average molecular weight is 277 g/mol. The van der Waals surface area contributed by atoms with E-state index in [4.69, 9.17) is 18.0 Å². The summed E-state index contributed by atoms with van der Waals surface area (Å²) in [6, 6.07) is 6.92. The van der Waals surface area contributed by atoms with Crippen molar-refractivity contribution in [2.24, 2.45) is 5.73 Å². The van der Waals surface area contributed by atoms with E-state index < -0.39 is 0 Å². The number of benzene rings is 1. The van der Waals surface area contributed by atoms with Gasteiger partial charge < -0.3 is 10.6 Å². The van der Waals surface area contributed by atoms with Crippen LogP contribution in [-0.4, -0.2) is 47.5 Å². The molecule has 1 unspecified atom stereocenters. The molecular weight excluding hydrogens is 254 g/mol. The third kappa shape index (κ3) is 3.53. The van der Waals surface area contributed by atoms with Crippen LogP contribution in [0.4, 0.5) is 0 Å². The summed E-state index contributed by atoms with van der Waals surface area (Å²) in [6.07, 6.45) is 0. The van der Waals surface area contributed by atoms with Crippen molar-refractivity contribution in [1.29, 1.82) is 0 Å². The highest BCUT2D eigenvalue weighted by molar-refractivity contribution is 7.80. The smallest absolute Gasteiger partial charge is 0.103 e. The zero-order chi connectivity index (χ0) is 14.0. The Kier molecular flexibility index (Phi) is 4.55. The molecule has 1 aliphatic heterocycles. The summed E-state index contributed by atoms with van der Waals surface area (Å²) in [5.41, 5.74) is 9.27. The molecule has 1 heterocycles. The molecule has 0 spiro atoms. The lowest BCUT2D eigenvalue weighted by atomic mass is 10.0. The van der Waals surface area contributed by atoms with Crippen LogP contribution >= 0.6 is 12.2 Å². The fourth-order valence-corrected chi connectivity index (χ4v) is 2.66. The Morgan fingerprint density at radius 1 is 1.42 bits per heavy atom. The molecule has 4 heteroatoms. The summed E-state index contributed by atoms with van der Waals surface area (Å²) >= 11 is 5.02. The lowest BCUT2D eigenvalue weighted by Crippen LogP contribution is -2.49. The van der Waals surface area contributed by atoms with Crippen molar-refractivity contribution in [2.45, 2.75) is 26.4 Å². The standard InChI is InChI=1S/C15H23N3S/c1-11-8-13(15(16)19)4-5-14(11)10-18-7-6-17(3)12(2)9-18/h4-5,8,12H,6-7,9-10H2,1-3H3,(H2,16,19). The first-order chi connectivity index (χ1) is 8.97. The van der Waals surface area contributed by atoms with Gasteiger partial charge in [0.15, 0.2) is 0 Å². The molecular formula is C15H23N3S. The van der Waals surface area contributed by atoms with E-state index in [-0.39, 0.29) is 0 Å². The number of likely N-dealkylation sites (N-methyl/N-ethyl adjacent to an activating group) is 1. The molecule has 1 aliphatic rings. The molecule has 0 radical (unpaired) electrons. The minimum Gasteiger partial charge on any atom is -0.389 e. The molecule has 1 saturated heterocycles. The zero-order valence-corrected chi connectivity index (χ0v) is 12.8. The largest absolute Gasteiger partial charge is 0.389 e. The summed E-state index contributed by atoms with van der Waals surface area (Å²) in [6.45, 7) is 8.85. The highest BCUT2D eigenvalue weighted by Gasteiger charge is 2.20. The first-order valence-electron chi connectivity index (χ1n) is 6.79. The van der Waals surface area contributed by atoms with Crippen LogP contribution < -0.4 is 5.73 Å². The Morgan fingerprint density at radius 3 is 2.74 bits per heavy atom. The van der Waals surface area contributed by atoms with Crippen molar-refractivity contribution in [3.8, 4) is 0 Å². The van der Waals surface area contributed by atoms with Crippen molar-refractivity contribution in [2.75, 3.05) is 26.7 Å². The second kappa shape index (κ2) is 5.99. The molecule has 0 aliphatic carbocycles. The Balaban J connectivity index is 2.05. The molecule has 0 bridgehead atoms. The van der Waals surface area contributed by atoms with Crippen molar-refractivity contribution in [3.05, 3.63) is 34.9 Å². The predicted octanol–water partition coefficient (Wildman–Crippen LogP) is 1.77. The maximum atomic E-state index is 5.67. The van der Waals surface area contributed by atoms with Crippen LogP contribution in [-0.2, 0) is 6.54 Å². The number of nitrogens with zero attached hydrogens (tertiary/aromatic N) is 2. The summed E-state index contributed by atoms with van der Waals surface area (Å²) in [5.74, 6) is 0. The molecule has 1 fully saturated rings. The SMILES string of the molecule is Cc1cc(C(N)=S)ccc1CN1CCN(C)C(C)C1. The van der Waals surface area contributed by atoms with E-state index >= 15 is 0 Å². The van der Waals surface area contributed by atoms with E-state index in [1.807, 2.05) is 6.07 Å². The number of hydrogen-bond donors (Lipinski definition) is 1. The lowest BCUT2D eigenvalue weighted by Gasteiger charge is -2.37. The zero-order valence-electron chi connectivity index (χ0n) is 12.0.